The van der Waals surface area contributed by atoms with E-state index >= 15 is 0 Å². The fourth-order valence-corrected chi connectivity index (χ4v) is 1.96. The third kappa shape index (κ3) is 7.56. The number of nitrogens with two attached hydrogens (primary N) is 1. The molecule has 0 rings (SSSR count). The smallest absolute Gasteiger partial charge is 0.325 e. The van der Waals surface area contributed by atoms with Gasteiger partial charge in [0, 0.05) is 5.75 Å². The lowest BCUT2D eigenvalue weighted by Crippen LogP contribution is -2.60. The maximum Gasteiger partial charge on any atom is 0.325 e. The van der Waals surface area contributed by atoms with Gasteiger partial charge in [0.2, 0.25) is 17.7 Å². The number of carboxylic acids is 1. The van der Waals surface area contributed by atoms with Crippen LogP contribution in [-0.2, 0) is 19.2 Å². The zero-order valence-corrected chi connectivity index (χ0v) is 15.6. The van der Waals surface area contributed by atoms with E-state index < -0.39 is 60.1 Å². The van der Waals surface area contributed by atoms with Crippen LogP contribution in [0.4, 0.5) is 0 Å². The first-order chi connectivity index (χ1) is 11.9. The summed E-state index contributed by atoms with van der Waals surface area (Å²) < 4.78 is 0. The molecule has 0 fully saturated rings. The fourth-order valence-electron chi connectivity index (χ4n) is 1.71. The summed E-state index contributed by atoms with van der Waals surface area (Å²) in [5.74, 6) is -3.98. The van der Waals surface area contributed by atoms with Crippen LogP contribution in [0.2, 0.25) is 0 Å². The van der Waals surface area contributed by atoms with Gasteiger partial charge in [-0.3, -0.25) is 19.2 Å². The molecule has 0 radical (unpaired) electrons. The number of hydrogen-bond acceptors (Lipinski definition) is 8. The number of amides is 3. The highest BCUT2D eigenvalue weighted by Crippen LogP contribution is 1.99. The van der Waals surface area contributed by atoms with Crippen LogP contribution < -0.4 is 21.7 Å². The monoisotopic (exact) mass is 394 g/mol. The SMILES string of the molecule is CC(NC(=O)C(CS)NC(=O)C(NC(=O)C(N)C(C)O)C(C)O)C(=O)O. The van der Waals surface area contributed by atoms with E-state index in [9.17, 15) is 29.4 Å². The van der Waals surface area contributed by atoms with Gasteiger partial charge in [-0.25, -0.2) is 0 Å². The number of hydrogen-bond donors (Lipinski definition) is 8. The van der Waals surface area contributed by atoms with E-state index in [4.69, 9.17) is 10.8 Å². The van der Waals surface area contributed by atoms with Crippen LogP contribution in [0.15, 0.2) is 0 Å². The molecule has 12 heteroatoms. The summed E-state index contributed by atoms with van der Waals surface area (Å²) >= 11 is 3.93. The third-order valence-corrected chi connectivity index (χ3v) is 3.79. The van der Waals surface area contributed by atoms with Crippen molar-refractivity contribution in [2.45, 2.75) is 57.1 Å². The average Bonchev–Trinajstić information content (AvgIpc) is 2.55. The molecule has 6 unspecified atom stereocenters. The highest BCUT2D eigenvalue weighted by Gasteiger charge is 2.32. The Labute approximate surface area is 156 Å². The second kappa shape index (κ2) is 11.0. The van der Waals surface area contributed by atoms with Gasteiger partial charge in [0.1, 0.15) is 24.2 Å². The first-order valence-electron chi connectivity index (χ1n) is 7.78. The molecule has 8 N–H and O–H groups in total. The molecule has 0 aliphatic carbocycles. The van der Waals surface area contributed by atoms with Crippen LogP contribution in [-0.4, -0.2) is 81.1 Å². The zero-order valence-electron chi connectivity index (χ0n) is 14.7. The number of aliphatic hydroxyl groups is 2. The average molecular weight is 394 g/mol. The van der Waals surface area contributed by atoms with Gasteiger partial charge in [-0.2, -0.15) is 12.6 Å². The minimum absolute atomic E-state index is 0.155. The van der Waals surface area contributed by atoms with Crippen LogP contribution in [0.3, 0.4) is 0 Å². The minimum Gasteiger partial charge on any atom is -0.480 e. The number of carboxylic acid groups (broad SMARTS) is 1. The van der Waals surface area contributed by atoms with E-state index in [2.05, 4.69) is 28.6 Å². The molecular formula is C14H26N4O7S. The Morgan fingerprint density at radius 3 is 1.85 bits per heavy atom. The van der Waals surface area contributed by atoms with Crippen molar-refractivity contribution >= 4 is 36.3 Å². The first kappa shape index (κ1) is 24.1. The third-order valence-electron chi connectivity index (χ3n) is 3.43. The van der Waals surface area contributed by atoms with Crippen LogP contribution >= 0.6 is 12.6 Å². The van der Waals surface area contributed by atoms with E-state index in [0.717, 1.165) is 0 Å². The van der Waals surface area contributed by atoms with E-state index in [0.29, 0.717) is 0 Å². The number of rotatable bonds is 10. The number of nitrogens with one attached hydrogen (secondary N) is 3. The van der Waals surface area contributed by atoms with Crippen molar-refractivity contribution in [3.8, 4) is 0 Å². The zero-order chi connectivity index (χ0) is 20.6. The predicted octanol–water partition coefficient (Wildman–Crippen LogP) is -3.44. The lowest BCUT2D eigenvalue weighted by atomic mass is 10.1. The van der Waals surface area contributed by atoms with Crippen LogP contribution in [0, 0.1) is 0 Å². The standard InChI is InChI=1S/C14H26N4O7S/c1-5(14(24)25)16-11(21)8(4-26)17-13(23)10(7(3)20)18-12(22)9(15)6(2)19/h5-10,19-20,26H,4,15H2,1-3H3,(H,16,21)(H,17,23)(H,18,22)(H,24,25). The number of thiol groups is 1. The van der Waals surface area contributed by atoms with E-state index in [1.807, 2.05) is 0 Å². The van der Waals surface area contributed by atoms with Gasteiger partial charge in [-0.15, -0.1) is 0 Å². The molecule has 0 heterocycles. The highest BCUT2D eigenvalue weighted by molar-refractivity contribution is 7.80. The molecule has 0 aliphatic rings. The molecule has 0 aromatic rings. The quantitative estimate of drug-likeness (QED) is 0.175. The van der Waals surface area contributed by atoms with Crippen molar-refractivity contribution in [1.29, 1.82) is 0 Å². The molecule has 0 spiro atoms. The van der Waals surface area contributed by atoms with Crippen LogP contribution in [0.1, 0.15) is 20.8 Å². The summed E-state index contributed by atoms with van der Waals surface area (Å²) in [4.78, 5) is 46.9. The summed E-state index contributed by atoms with van der Waals surface area (Å²) in [5.41, 5.74) is 5.46. The van der Waals surface area contributed by atoms with E-state index in [1.54, 1.807) is 0 Å². The summed E-state index contributed by atoms with van der Waals surface area (Å²) in [6.07, 6.45) is -2.51. The first-order valence-corrected chi connectivity index (χ1v) is 8.42. The van der Waals surface area contributed by atoms with Gasteiger partial charge in [-0.1, -0.05) is 0 Å². The number of carbonyl (C=O) groups excluding carboxylic acids is 3. The summed E-state index contributed by atoms with van der Waals surface area (Å²) in [5, 5.41) is 34.4. The van der Waals surface area contributed by atoms with Crippen LogP contribution in [0.25, 0.3) is 0 Å². The van der Waals surface area contributed by atoms with Crippen molar-refractivity contribution in [3.05, 3.63) is 0 Å². The number of aliphatic carboxylic acids is 1. The summed E-state index contributed by atoms with van der Waals surface area (Å²) in [6.45, 7) is 3.77. The topological polar surface area (TPSA) is 191 Å². The maximum atomic E-state index is 12.3. The Kier molecular flexibility index (Phi) is 10.2. The Bertz CT molecular complexity index is 529. The van der Waals surface area contributed by atoms with Gasteiger partial charge in [0.25, 0.3) is 0 Å². The largest absolute Gasteiger partial charge is 0.480 e. The van der Waals surface area contributed by atoms with Gasteiger partial charge < -0.3 is 37.0 Å². The Morgan fingerprint density at radius 2 is 1.46 bits per heavy atom. The molecule has 3 amide bonds. The van der Waals surface area contributed by atoms with E-state index in [-0.39, 0.29) is 5.75 Å². The predicted molar refractivity (Wildman–Crippen MR) is 94.3 cm³/mol. The molecule has 0 aliphatic heterocycles. The lowest BCUT2D eigenvalue weighted by molar-refractivity contribution is -0.141. The number of carbonyl (C=O) groups is 4. The molecule has 11 nitrogen and oxygen atoms in total. The molecular weight excluding hydrogens is 368 g/mol. The van der Waals surface area contributed by atoms with Gasteiger partial charge in [-0.05, 0) is 20.8 Å². The Hall–Kier alpha value is -1.89. The molecule has 26 heavy (non-hydrogen) atoms. The number of aliphatic hydroxyl groups excluding tert-OH is 2. The van der Waals surface area contributed by atoms with Crippen molar-refractivity contribution in [2.24, 2.45) is 5.73 Å². The van der Waals surface area contributed by atoms with Crippen molar-refractivity contribution in [3.63, 3.8) is 0 Å². The van der Waals surface area contributed by atoms with Crippen LogP contribution in [0.5, 0.6) is 0 Å². The molecule has 0 aromatic heterocycles. The summed E-state index contributed by atoms with van der Waals surface area (Å²) in [7, 11) is 0. The molecule has 150 valence electrons. The van der Waals surface area contributed by atoms with E-state index in [1.165, 1.54) is 20.8 Å². The molecule has 0 aromatic carbocycles. The second-order valence-electron chi connectivity index (χ2n) is 5.81. The van der Waals surface area contributed by atoms with Crippen molar-refractivity contribution in [2.75, 3.05) is 5.75 Å². The lowest BCUT2D eigenvalue weighted by Gasteiger charge is -2.26. The molecule has 0 bridgehead atoms. The Balaban J connectivity index is 5.04. The molecule has 0 saturated carbocycles. The second-order valence-corrected chi connectivity index (χ2v) is 6.17. The Morgan fingerprint density at radius 1 is 0.923 bits per heavy atom. The van der Waals surface area contributed by atoms with Crippen molar-refractivity contribution < 1.29 is 34.5 Å². The highest BCUT2D eigenvalue weighted by atomic mass is 32.1. The summed E-state index contributed by atoms with van der Waals surface area (Å²) in [6, 6.07) is -5.14. The van der Waals surface area contributed by atoms with Gasteiger partial charge in [0.05, 0.1) is 12.2 Å². The van der Waals surface area contributed by atoms with Crippen molar-refractivity contribution in [1.82, 2.24) is 16.0 Å². The van der Waals surface area contributed by atoms with Gasteiger partial charge >= 0.3 is 5.97 Å². The fraction of sp³-hybridized carbons (Fsp3) is 0.714. The molecule has 6 atom stereocenters. The normalized spacial score (nSPS) is 17.8. The minimum atomic E-state index is -1.45. The van der Waals surface area contributed by atoms with Gasteiger partial charge in [0.15, 0.2) is 0 Å². The maximum absolute atomic E-state index is 12.3. The molecule has 0 saturated heterocycles.